The molecule has 0 spiro atoms. The fourth-order valence-electron chi connectivity index (χ4n) is 8.34. The van der Waals surface area contributed by atoms with E-state index in [-0.39, 0.29) is 0 Å². The van der Waals surface area contributed by atoms with Crippen molar-refractivity contribution in [1.29, 1.82) is 0 Å². The van der Waals surface area contributed by atoms with Crippen molar-refractivity contribution in [2.24, 2.45) is 0 Å². The highest BCUT2D eigenvalue weighted by Gasteiger charge is 2.14. The van der Waals surface area contributed by atoms with Gasteiger partial charge in [0.05, 0.1) is 11.4 Å². The molecule has 0 amide bonds. The zero-order chi connectivity index (χ0) is 45.8. The highest BCUT2D eigenvalue weighted by atomic mass is 14.9. The van der Waals surface area contributed by atoms with Gasteiger partial charge in [-0.1, -0.05) is 230 Å². The van der Waals surface area contributed by atoms with Crippen molar-refractivity contribution in [3.63, 3.8) is 0 Å². The summed E-state index contributed by atoms with van der Waals surface area (Å²) in [5, 5.41) is 0. The maximum absolute atomic E-state index is 5.00. The molecule has 0 aliphatic rings. The Kier molecular flexibility index (Phi) is 14.3. The summed E-state index contributed by atoms with van der Waals surface area (Å²) in [4.78, 5) is 10.0. The standard InChI is InChI=1S/C36H28N2.C21H20.C7H8/c1-25-12-9-10-19-32(25)33-21-20-30(22-26(33)2)29-17-11-18-31(23-29)36-37-34(27-13-5-3-6-14-27)24-35(38-36)28-15-7-4-8-16-28;1-15-11-13-18(14-12-15)20-10-6-8-17(3)21(20)19-9-5-4-7-16(19)2;1-7-5-3-2-4-6-7/h3-24H,1-2H3;4-14H,1-3H3;2-6H,1H3. The fourth-order valence-corrected chi connectivity index (χ4v) is 8.34. The molecule has 2 nitrogen and oxygen atoms in total. The van der Waals surface area contributed by atoms with E-state index in [1.807, 2.05) is 54.6 Å². The summed E-state index contributed by atoms with van der Waals surface area (Å²) in [5.74, 6) is 0.723. The lowest BCUT2D eigenvalue weighted by atomic mass is 9.89. The molecule has 0 unspecified atom stereocenters. The summed E-state index contributed by atoms with van der Waals surface area (Å²) < 4.78 is 0. The van der Waals surface area contributed by atoms with Crippen LogP contribution in [-0.2, 0) is 0 Å². The van der Waals surface area contributed by atoms with Crippen LogP contribution >= 0.6 is 0 Å². The zero-order valence-corrected chi connectivity index (χ0v) is 38.8. The van der Waals surface area contributed by atoms with Crippen molar-refractivity contribution >= 4 is 0 Å². The summed E-state index contributed by atoms with van der Waals surface area (Å²) in [7, 11) is 0. The minimum absolute atomic E-state index is 0.723. The van der Waals surface area contributed by atoms with E-state index >= 15 is 0 Å². The minimum atomic E-state index is 0.723. The lowest BCUT2D eigenvalue weighted by molar-refractivity contribution is 1.18. The van der Waals surface area contributed by atoms with E-state index in [9.17, 15) is 0 Å². The maximum atomic E-state index is 5.00. The second kappa shape index (κ2) is 21.2. The SMILES string of the molecule is Cc1ccc(-c2cccc(C)c2-c2ccccc2C)cc1.Cc1ccccc1.Cc1ccccc1-c1ccc(-c2cccc(-c3nc(-c4ccccc4)cc(-c4ccccc4)n3)c2)cc1C. The molecule has 0 aliphatic carbocycles. The topological polar surface area (TPSA) is 25.8 Å². The van der Waals surface area contributed by atoms with E-state index in [2.05, 4.69) is 217 Å². The molecule has 9 aromatic carbocycles. The quantitative estimate of drug-likeness (QED) is 0.160. The Bertz CT molecular complexity index is 3110. The Hall–Kier alpha value is -7.94. The van der Waals surface area contributed by atoms with Crippen LogP contribution in [0.2, 0.25) is 0 Å². The van der Waals surface area contributed by atoms with Gasteiger partial charge in [0.2, 0.25) is 0 Å². The van der Waals surface area contributed by atoms with Crippen LogP contribution in [0, 0.1) is 41.5 Å². The predicted octanol–water partition coefficient (Wildman–Crippen LogP) is 17.4. The number of aromatic nitrogens is 2. The summed E-state index contributed by atoms with van der Waals surface area (Å²) in [6.07, 6.45) is 0. The molecule has 0 radical (unpaired) electrons. The van der Waals surface area contributed by atoms with Crippen molar-refractivity contribution in [3.05, 3.63) is 264 Å². The molecular weight excluding hydrogens is 797 g/mol. The van der Waals surface area contributed by atoms with Crippen molar-refractivity contribution in [1.82, 2.24) is 9.97 Å². The van der Waals surface area contributed by atoms with E-state index in [4.69, 9.17) is 9.97 Å². The second-order valence-electron chi connectivity index (χ2n) is 17.0. The van der Waals surface area contributed by atoms with Gasteiger partial charge in [-0.25, -0.2) is 9.97 Å². The summed E-state index contributed by atoms with van der Waals surface area (Å²) in [6.45, 7) is 12.9. The number of nitrogens with zero attached hydrogens (tertiary/aromatic N) is 2. The molecule has 0 atom stereocenters. The molecule has 10 rings (SSSR count). The largest absolute Gasteiger partial charge is 0.228 e. The molecule has 0 saturated carbocycles. The van der Waals surface area contributed by atoms with E-state index in [0.717, 1.165) is 39.5 Å². The van der Waals surface area contributed by atoms with Gasteiger partial charge in [-0.15, -0.1) is 0 Å². The number of rotatable bonds is 7. The van der Waals surface area contributed by atoms with E-state index < -0.39 is 0 Å². The second-order valence-corrected chi connectivity index (χ2v) is 17.0. The van der Waals surface area contributed by atoms with Crippen LogP contribution in [0.15, 0.2) is 231 Å². The Balaban J connectivity index is 0.000000176. The summed E-state index contributed by atoms with van der Waals surface area (Å²) >= 11 is 0. The van der Waals surface area contributed by atoms with Crippen LogP contribution < -0.4 is 0 Å². The first-order valence-corrected chi connectivity index (χ1v) is 22.7. The van der Waals surface area contributed by atoms with Crippen LogP contribution in [0.25, 0.3) is 78.4 Å². The smallest absolute Gasteiger partial charge is 0.160 e. The molecule has 2 heteroatoms. The molecular formula is C64H56N2. The van der Waals surface area contributed by atoms with Crippen LogP contribution in [0.1, 0.15) is 33.4 Å². The summed E-state index contributed by atoms with van der Waals surface area (Å²) in [6, 6.07) is 80.7. The molecule has 0 N–H and O–H groups in total. The molecule has 10 aromatic rings. The number of aryl methyl sites for hydroxylation is 6. The third-order valence-electron chi connectivity index (χ3n) is 12.0. The first-order chi connectivity index (χ1) is 32.2. The molecule has 0 fully saturated rings. The van der Waals surface area contributed by atoms with Gasteiger partial charge in [-0.3, -0.25) is 0 Å². The number of benzene rings is 9. The maximum Gasteiger partial charge on any atom is 0.160 e. The lowest BCUT2D eigenvalue weighted by Crippen LogP contribution is -1.96. The highest BCUT2D eigenvalue weighted by Crippen LogP contribution is 2.37. The van der Waals surface area contributed by atoms with Crippen LogP contribution in [0.5, 0.6) is 0 Å². The van der Waals surface area contributed by atoms with Crippen molar-refractivity contribution in [3.8, 4) is 78.4 Å². The van der Waals surface area contributed by atoms with Crippen molar-refractivity contribution in [2.45, 2.75) is 41.5 Å². The Labute approximate surface area is 392 Å². The first-order valence-electron chi connectivity index (χ1n) is 22.7. The van der Waals surface area contributed by atoms with E-state index in [1.165, 1.54) is 72.3 Å². The van der Waals surface area contributed by atoms with E-state index in [0.29, 0.717) is 0 Å². The third kappa shape index (κ3) is 10.9. The van der Waals surface area contributed by atoms with Gasteiger partial charge in [0.25, 0.3) is 0 Å². The molecule has 1 aromatic heterocycles. The third-order valence-corrected chi connectivity index (χ3v) is 12.0. The van der Waals surface area contributed by atoms with Gasteiger partial charge >= 0.3 is 0 Å². The fraction of sp³-hybridized carbons (Fsp3) is 0.0938. The van der Waals surface area contributed by atoms with Gasteiger partial charge in [-0.05, 0) is 120 Å². The summed E-state index contributed by atoms with van der Waals surface area (Å²) in [5.41, 5.74) is 22.9. The average Bonchev–Trinajstić information content (AvgIpc) is 3.36. The van der Waals surface area contributed by atoms with Crippen molar-refractivity contribution < 1.29 is 0 Å². The molecule has 322 valence electrons. The predicted molar refractivity (Wildman–Crippen MR) is 281 cm³/mol. The van der Waals surface area contributed by atoms with Gasteiger partial charge in [0.15, 0.2) is 5.82 Å². The highest BCUT2D eigenvalue weighted by molar-refractivity contribution is 5.87. The molecule has 0 saturated heterocycles. The average molecular weight is 853 g/mol. The lowest BCUT2D eigenvalue weighted by Gasteiger charge is -2.15. The zero-order valence-electron chi connectivity index (χ0n) is 38.8. The van der Waals surface area contributed by atoms with Crippen molar-refractivity contribution in [2.75, 3.05) is 0 Å². The molecule has 0 aliphatic heterocycles. The molecule has 0 bridgehead atoms. The van der Waals surface area contributed by atoms with Crippen LogP contribution in [0.4, 0.5) is 0 Å². The van der Waals surface area contributed by atoms with Gasteiger partial charge in [0.1, 0.15) is 0 Å². The Morgan fingerprint density at radius 3 is 1.23 bits per heavy atom. The van der Waals surface area contributed by atoms with Gasteiger partial charge in [-0.2, -0.15) is 0 Å². The monoisotopic (exact) mass is 852 g/mol. The Morgan fingerprint density at radius 2 is 0.667 bits per heavy atom. The van der Waals surface area contributed by atoms with Crippen LogP contribution in [-0.4, -0.2) is 9.97 Å². The van der Waals surface area contributed by atoms with Crippen LogP contribution in [0.3, 0.4) is 0 Å². The number of hydrogen-bond donors (Lipinski definition) is 0. The minimum Gasteiger partial charge on any atom is -0.228 e. The molecule has 1 heterocycles. The van der Waals surface area contributed by atoms with Gasteiger partial charge < -0.3 is 0 Å². The molecule has 66 heavy (non-hydrogen) atoms. The van der Waals surface area contributed by atoms with E-state index in [1.54, 1.807) is 0 Å². The first kappa shape index (κ1) is 44.7. The Morgan fingerprint density at radius 1 is 0.242 bits per heavy atom. The number of hydrogen-bond acceptors (Lipinski definition) is 2. The normalized spacial score (nSPS) is 10.6. The van der Waals surface area contributed by atoms with Gasteiger partial charge in [0, 0.05) is 16.7 Å².